The Morgan fingerprint density at radius 1 is 1.40 bits per heavy atom. The number of halogens is 1. The zero-order chi connectivity index (χ0) is 11.3. The van der Waals surface area contributed by atoms with Crippen molar-refractivity contribution in [1.82, 2.24) is 5.43 Å². The van der Waals surface area contributed by atoms with E-state index in [2.05, 4.69) is 37.5 Å². The lowest BCUT2D eigenvalue weighted by atomic mass is 9.97. The van der Waals surface area contributed by atoms with Crippen molar-refractivity contribution in [2.45, 2.75) is 32.7 Å². The van der Waals surface area contributed by atoms with Crippen molar-refractivity contribution in [2.24, 2.45) is 5.84 Å². The minimum atomic E-state index is 0.212. The zero-order valence-electron chi connectivity index (χ0n) is 9.39. The van der Waals surface area contributed by atoms with Gasteiger partial charge in [-0.1, -0.05) is 23.8 Å². The lowest BCUT2D eigenvalue weighted by molar-refractivity contribution is 0.509. The minimum Gasteiger partial charge on any atom is -0.271 e. The summed E-state index contributed by atoms with van der Waals surface area (Å²) < 4.78 is 0. The summed E-state index contributed by atoms with van der Waals surface area (Å²) in [5.74, 6) is 6.24. The molecule has 1 aromatic carbocycles. The average Bonchev–Trinajstić information content (AvgIpc) is 2.21. The van der Waals surface area contributed by atoms with Gasteiger partial charge in [-0.15, -0.1) is 11.6 Å². The summed E-state index contributed by atoms with van der Waals surface area (Å²) in [6.45, 7) is 4.22. The van der Waals surface area contributed by atoms with Gasteiger partial charge in [-0.05, 0) is 37.8 Å². The molecule has 1 atom stereocenters. The number of hydrazine groups is 1. The average molecular weight is 227 g/mol. The first kappa shape index (κ1) is 12.5. The van der Waals surface area contributed by atoms with E-state index in [4.69, 9.17) is 17.4 Å². The molecule has 0 bridgehead atoms. The second-order valence-corrected chi connectivity index (χ2v) is 4.29. The van der Waals surface area contributed by atoms with Crippen molar-refractivity contribution in [1.29, 1.82) is 0 Å². The molecular formula is C12H19ClN2. The lowest BCUT2D eigenvalue weighted by Crippen LogP contribution is -2.28. The van der Waals surface area contributed by atoms with E-state index in [9.17, 15) is 0 Å². The van der Waals surface area contributed by atoms with Crippen molar-refractivity contribution in [2.75, 3.05) is 5.88 Å². The Labute approximate surface area is 96.8 Å². The van der Waals surface area contributed by atoms with E-state index in [1.54, 1.807) is 0 Å². The van der Waals surface area contributed by atoms with Gasteiger partial charge in [0.25, 0.3) is 0 Å². The van der Waals surface area contributed by atoms with Gasteiger partial charge in [0.15, 0.2) is 0 Å². The van der Waals surface area contributed by atoms with Crippen LogP contribution < -0.4 is 11.3 Å². The van der Waals surface area contributed by atoms with Gasteiger partial charge in [0.1, 0.15) is 0 Å². The summed E-state index contributed by atoms with van der Waals surface area (Å²) in [6, 6.07) is 6.65. The first-order valence-electron chi connectivity index (χ1n) is 5.28. The molecule has 0 aliphatic carbocycles. The maximum absolute atomic E-state index is 5.69. The summed E-state index contributed by atoms with van der Waals surface area (Å²) >= 11 is 5.69. The number of hydrogen-bond acceptors (Lipinski definition) is 2. The van der Waals surface area contributed by atoms with Gasteiger partial charge in [0.05, 0.1) is 0 Å². The molecule has 3 heteroatoms. The highest BCUT2D eigenvalue weighted by Crippen LogP contribution is 2.22. The van der Waals surface area contributed by atoms with Crippen molar-refractivity contribution >= 4 is 11.6 Å². The smallest absolute Gasteiger partial charge is 0.0463 e. The number of alkyl halides is 1. The number of benzene rings is 1. The largest absolute Gasteiger partial charge is 0.271 e. The van der Waals surface area contributed by atoms with Crippen molar-refractivity contribution in [3.05, 3.63) is 34.9 Å². The van der Waals surface area contributed by atoms with Crippen LogP contribution in [0.3, 0.4) is 0 Å². The molecule has 0 saturated carbocycles. The van der Waals surface area contributed by atoms with E-state index in [0.717, 1.165) is 12.8 Å². The van der Waals surface area contributed by atoms with Crippen LogP contribution in [-0.4, -0.2) is 5.88 Å². The fourth-order valence-corrected chi connectivity index (χ4v) is 1.98. The molecule has 0 saturated heterocycles. The topological polar surface area (TPSA) is 38.0 Å². The van der Waals surface area contributed by atoms with Gasteiger partial charge in [-0.25, -0.2) is 0 Å². The third-order valence-electron chi connectivity index (χ3n) is 2.63. The Kier molecular flexibility index (Phi) is 5.09. The van der Waals surface area contributed by atoms with E-state index in [1.165, 1.54) is 16.7 Å². The molecule has 0 aromatic heterocycles. The monoisotopic (exact) mass is 226 g/mol. The molecule has 0 aliphatic heterocycles. The Morgan fingerprint density at radius 3 is 2.67 bits per heavy atom. The van der Waals surface area contributed by atoms with Crippen LogP contribution in [0.25, 0.3) is 0 Å². The minimum absolute atomic E-state index is 0.212. The second kappa shape index (κ2) is 6.11. The predicted molar refractivity (Wildman–Crippen MR) is 65.9 cm³/mol. The molecule has 0 fully saturated rings. The van der Waals surface area contributed by atoms with Crippen LogP contribution >= 0.6 is 11.6 Å². The predicted octanol–water partition coefficient (Wildman–Crippen LogP) is 2.83. The van der Waals surface area contributed by atoms with Crippen LogP contribution in [0.4, 0.5) is 0 Å². The quantitative estimate of drug-likeness (QED) is 0.460. The summed E-state index contributed by atoms with van der Waals surface area (Å²) in [7, 11) is 0. The first-order valence-corrected chi connectivity index (χ1v) is 5.81. The Morgan fingerprint density at radius 2 is 2.13 bits per heavy atom. The molecule has 1 rings (SSSR count). The fraction of sp³-hybridized carbons (Fsp3) is 0.500. The standard InChI is InChI=1S/C12H19ClN2/c1-9-5-6-11(10(2)8-9)12(15-14)4-3-7-13/h5-6,8,12,15H,3-4,7,14H2,1-2H3. The van der Waals surface area contributed by atoms with Crippen molar-refractivity contribution < 1.29 is 0 Å². The van der Waals surface area contributed by atoms with E-state index >= 15 is 0 Å². The highest BCUT2D eigenvalue weighted by Gasteiger charge is 2.11. The fourth-order valence-electron chi connectivity index (χ4n) is 1.83. The zero-order valence-corrected chi connectivity index (χ0v) is 10.1. The molecular weight excluding hydrogens is 208 g/mol. The number of nitrogens with two attached hydrogens (primary N) is 1. The first-order chi connectivity index (χ1) is 7.19. The van der Waals surface area contributed by atoms with Gasteiger partial charge in [-0.3, -0.25) is 11.3 Å². The number of nitrogens with one attached hydrogen (secondary N) is 1. The number of hydrogen-bond donors (Lipinski definition) is 2. The van der Waals surface area contributed by atoms with Crippen LogP contribution in [-0.2, 0) is 0 Å². The summed E-state index contributed by atoms with van der Waals surface area (Å²) in [6.07, 6.45) is 1.95. The van der Waals surface area contributed by atoms with Crippen LogP contribution in [0.1, 0.15) is 35.6 Å². The van der Waals surface area contributed by atoms with Gasteiger partial charge >= 0.3 is 0 Å². The molecule has 3 N–H and O–H groups in total. The Bertz CT molecular complexity index is 312. The van der Waals surface area contributed by atoms with Crippen LogP contribution in [0.15, 0.2) is 18.2 Å². The third kappa shape index (κ3) is 3.49. The third-order valence-corrected chi connectivity index (χ3v) is 2.90. The van der Waals surface area contributed by atoms with Crippen LogP contribution in [0.5, 0.6) is 0 Å². The molecule has 0 spiro atoms. The van der Waals surface area contributed by atoms with Gasteiger partial charge in [0, 0.05) is 11.9 Å². The van der Waals surface area contributed by atoms with E-state index in [0.29, 0.717) is 5.88 Å². The molecule has 0 aliphatic rings. The van der Waals surface area contributed by atoms with Crippen LogP contribution in [0, 0.1) is 13.8 Å². The van der Waals surface area contributed by atoms with Gasteiger partial charge in [0.2, 0.25) is 0 Å². The Hall–Kier alpha value is -0.570. The van der Waals surface area contributed by atoms with Crippen molar-refractivity contribution in [3.63, 3.8) is 0 Å². The number of aryl methyl sites for hydroxylation is 2. The maximum Gasteiger partial charge on any atom is 0.0463 e. The highest BCUT2D eigenvalue weighted by molar-refractivity contribution is 6.17. The summed E-state index contributed by atoms with van der Waals surface area (Å²) in [5, 5.41) is 0. The normalized spacial score (nSPS) is 12.8. The summed E-state index contributed by atoms with van der Waals surface area (Å²) in [5.41, 5.74) is 6.69. The van der Waals surface area contributed by atoms with E-state index < -0.39 is 0 Å². The molecule has 1 unspecified atom stereocenters. The molecule has 84 valence electrons. The van der Waals surface area contributed by atoms with Gasteiger partial charge in [-0.2, -0.15) is 0 Å². The summed E-state index contributed by atoms with van der Waals surface area (Å²) in [4.78, 5) is 0. The van der Waals surface area contributed by atoms with Crippen molar-refractivity contribution in [3.8, 4) is 0 Å². The van der Waals surface area contributed by atoms with E-state index in [-0.39, 0.29) is 6.04 Å². The molecule has 0 radical (unpaired) electrons. The van der Waals surface area contributed by atoms with Gasteiger partial charge < -0.3 is 0 Å². The molecule has 0 heterocycles. The molecule has 15 heavy (non-hydrogen) atoms. The Balaban J connectivity index is 2.81. The SMILES string of the molecule is Cc1ccc(C(CCCCl)NN)c(C)c1. The lowest BCUT2D eigenvalue weighted by Gasteiger charge is -2.18. The molecule has 0 amide bonds. The number of rotatable bonds is 5. The molecule has 1 aromatic rings. The highest BCUT2D eigenvalue weighted by atomic mass is 35.5. The molecule has 2 nitrogen and oxygen atoms in total. The second-order valence-electron chi connectivity index (χ2n) is 3.91. The maximum atomic E-state index is 5.69. The van der Waals surface area contributed by atoms with E-state index in [1.807, 2.05) is 0 Å². The van der Waals surface area contributed by atoms with Crippen LogP contribution in [0.2, 0.25) is 0 Å².